The molecule has 2 N–H and O–H groups in total. The maximum absolute atomic E-state index is 14.9. The molecule has 186 valence electrons. The number of piperidine rings is 1. The molecule has 36 heavy (non-hydrogen) atoms. The number of rotatable bonds is 5. The third kappa shape index (κ3) is 4.96. The summed E-state index contributed by atoms with van der Waals surface area (Å²) in [5.41, 5.74) is 9.98. The average molecular weight is 486 g/mol. The molecular formula is C29H32FN5O. The maximum Gasteiger partial charge on any atom is 0.169 e. The van der Waals surface area contributed by atoms with Crippen LogP contribution in [0.4, 0.5) is 10.1 Å². The highest BCUT2D eigenvalue weighted by Crippen LogP contribution is 2.37. The van der Waals surface area contributed by atoms with Crippen molar-refractivity contribution in [1.29, 1.82) is 5.26 Å². The van der Waals surface area contributed by atoms with Crippen LogP contribution < -0.4 is 10.6 Å². The summed E-state index contributed by atoms with van der Waals surface area (Å²) in [4.78, 5) is 24.5. The Morgan fingerprint density at radius 2 is 2.00 bits per heavy atom. The second-order valence-corrected chi connectivity index (χ2v) is 10.5. The second-order valence-electron chi connectivity index (χ2n) is 10.5. The zero-order chi connectivity index (χ0) is 25.2. The van der Waals surface area contributed by atoms with Crippen molar-refractivity contribution in [2.75, 3.05) is 18.0 Å². The molecule has 3 atom stereocenters. The smallest absolute Gasteiger partial charge is 0.169 e. The SMILES string of the molecule is C[C@@H]1C[C@H](N)C[C@H](c2ccncc2CC(=O)c2ccc(F)c3cc(N4CCC(C#N)CC4)cnc23)C1. The van der Waals surface area contributed by atoms with Crippen molar-refractivity contribution >= 4 is 22.4 Å². The molecule has 1 saturated heterocycles. The topological polar surface area (TPSA) is 95.9 Å². The van der Waals surface area contributed by atoms with Gasteiger partial charge in [-0.05, 0) is 79.3 Å². The molecule has 2 aromatic heterocycles. The van der Waals surface area contributed by atoms with Gasteiger partial charge in [-0.3, -0.25) is 14.8 Å². The zero-order valence-corrected chi connectivity index (χ0v) is 20.7. The summed E-state index contributed by atoms with van der Waals surface area (Å²) in [6, 6.07) is 9.19. The summed E-state index contributed by atoms with van der Waals surface area (Å²) in [7, 11) is 0. The largest absolute Gasteiger partial charge is 0.370 e. The Labute approximate surface area is 211 Å². The Balaban J connectivity index is 1.41. The van der Waals surface area contributed by atoms with E-state index in [0.29, 0.717) is 28.3 Å². The number of pyridine rings is 2. The van der Waals surface area contributed by atoms with Gasteiger partial charge in [-0.15, -0.1) is 0 Å². The maximum atomic E-state index is 14.9. The van der Waals surface area contributed by atoms with E-state index >= 15 is 0 Å². The number of Topliss-reactive ketones (excluding diaryl/α,β-unsaturated/α-hetero) is 1. The van der Waals surface area contributed by atoms with E-state index in [4.69, 9.17) is 11.0 Å². The fourth-order valence-corrected chi connectivity index (χ4v) is 6.00. The number of nitrogens with two attached hydrogens (primary N) is 1. The van der Waals surface area contributed by atoms with Gasteiger partial charge in [-0.25, -0.2) is 4.39 Å². The average Bonchev–Trinajstić information content (AvgIpc) is 2.88. The Kier molecular flexibility index (Phi) is 6.97. The van der Waals surface area contributed by atoms with E-state index in [-0.39, 0.29) is 24.2 Å². The molecule has 1 aliphatic carbocycles. The highest BCUT2D eigenvalue weighted by atomic mass is 19.1. The van der Waals surface area contributed by atoms with Crippen LogP contribution in [0.1, 0.15) is 66.4 Å². The zero-order valence-electron chi connectivity index (χ0n) is 20.7. The van der Waals surface area contributed by atoms with Crippen LogP contribution in [0.5, 0.6) is 0 Å². The predicted molar refractivity (Wildman–Crippen MR) is 138 cm³/mol. The van der Waals surface area contributed by atoms with Crippen LogP contribution >= 0.6 is 0 Å². The molecule has 0 bridgehead atoms. The van der Waals surface area contributed by atoms with Crippen molar-refractivity contribution in [3.05, 3.63) is 65.4 Å². The van der Waals surface area contributed by atoms with Gasteiger partial charge in [-0.2, -0.15) is 5.26 Å². The van der Waals surface area contributed by atoms with E-state index in [1.54, 1.807) is 30.7 Å². The number of hydrogen-bond donors (Lipinski definition) is 1. The number of hydrogen-bond acceptors (Lipinski definition) is 6. The summed E-state index contributed by atoms with van der Waals surface area (Å²) in [5, 5.41) is 9.50. The highest BCUT2D eigenvalue weighted by Gasteiger charge is 2.28. The second kappa shape index (κ2) is 10.3. The lowest BCUT2D eigenvalue weighted by Crippen LogP contribution is -2.33. The van der Waals surface area contributed by atoms with Gasteiger partial charge in [0, 0.05) is 54.8 Å². The third-order valence-electron chi connectivity index (χ3n) is 7.84. The van der Waals surface area contributed by atoms with Crippen LogP contribution in [0.3, 0.4) is 0 Å². The van der Waals surface area contributed by atoms with Crippen LogP contribution in [-0.4, -0.2) is 34.9 Å². The number of nitriles is 1. The molecule has 5 rings (SSSR count). The molecule has 0 radical (unpaired) electrons. The number of carbonyl (C=O) groups is 1. The van der Waals surface area contributed by atoms with Gasteiger partial charge in [0.2, 0.25) is 0 Å². The van der Waals surface area contributed by atoms with Crippen LogP contribution in [0, 0.1) is 29.0 Å². The van der Waals surface area contributed by atoms with Gasteiger partial charge in [-0.1, -0.05) is 6.92 Å². The molecule has 0 unspecified atom stereocenters. The van der Waals surface area contributed by atoms with E-state index in [0.717, 1.165) is 62.0 Å². The molecule has 0 amide bonds. The highest BCUT2D eigenvalue weighted by molar-refractivity contribution is 6.08. The molecule has 0 spiro atoms. The van der Waals surface area contributed by atoms with Crippen molar-refractivity contribution in [2.24, 2.45) is 17.6 Å². The van der Waals surface area contributed by atoms with Crippen LogP contribution in [0.15, 0.2) is 42.9 Å². The monoisotopic (exact) mass is 485 g/mol. The van der Waals surface area contributed by atoms with Gasteiger partial charge >= 0.3 is 0 Å². The number of fused-ring (bicyclic) bond motifs is 1. The van der Waals surface area contributed by atoms with Crippen LogP contribution in [0.2, 0.25) is 0 Å². The Morgan fingerprint density at radius 1 is 1.19 bits per heavy atom. The molecule has 1 aromatic carbocycles. The Morgan fingerprint density at radius 3 is 2.75 bits per heavy atom. The minimum Gasteiger partial charge on any atom is -0.370 e. The standard InChI is InChI=1S/C29H32FN5O/c1-18-10-20(12-22(32)11-18)24-4-7-33-16-21(24)13-28(36)25-2-3-27(30)26-14-23(17-34-29(25)26)35-8-5-19(15-31)6-9-35/h2-4,7,14,16-20,22H,5-6,8-13,32H2,1H3/t18-,20+,22-/m0/s1. The first-order chi connectivity index (χ1) is 17.4. The lowest BCUT2D eigenvalue weighted by Gasteiger charge is -2.32. The van der Waals surface area contributed by atoms with E-state index in [1.807, 2.05) is 6.07 Å². The first-order valence-corrected chi connectivity index (χ1v) is 12.9. The molecule has 3 heterocycles. The summed E-state index contributed by atoms with van der Waals surface area (Å²) in [6.07, 6.45) is 10.0. The fraction of sp³-hybridized carbons (Fsp3) is 0.448. The van der Waals surface area contributed by atoms with Gasteiger partial charge < -0.3 is 10.6 Å². The van der Waals surface area contributed by atoms with Crippen molar-refractivity contribution < 1.29 is 9.18 Å². The van der Waals surface area contributed by atoms with Crippen molar-refractivity contribution in [2.45, 2.75) is 57.4 Å². The predicted octanol–water partition coefficient (Wildman–Crippen LogP) is 5.17. The number of ketones is 1. The Hall–Kier alpha value is -3.37. The van der Waals surface area contributed by atoms with E-state index in [9.17, 15) is 9.18 Å². The van der Waals surface area contributed by atoms with Crippen molar-refractivity contribution in [1.82, 2.24) is 9.97 Å². The molecule has 3 aromatic rings. The third-order valence-corrected chi connectivity index (χ3v) is 7.84. The molecule has 2 fully saturated rings. The van der Waals surface area contributed by atoms with E-state index in [1.165, 1.54) is 6.07 Å². The fourth-order valence-electron chi connectivity index (χ4n) is 6.00. The summed E-state index contributed by atoms with van der Waals surface area (Å²) < 4.78 is 14.9. The number of carbonyl (C=O) groups excluding carboxylic acids is 1. The molecule has 7 heteroatoms. The number of halogens is 1. The number of nitrogens with zero attached hydrogens (tertiary/aromatic N) is 4. The summed E-state index contributed by atoms with van der Waals surface area (Å²) >= 11 is 0. The quantitative estimate of drug-likeness (QED) is 0.501. The minimum absolute atomic E-state index is 0.0700. The van der Waals surface area contributed by atoms with E-state index < -0.39 is 5.82 Å². The number of anilines is 1. The lowest BCUT2D eigenvalue weighted by molar-refractivity contribution is 0.0994. The van der Waals surface area contributed by atoms with Gasteiger partial charge in [0.1, 0.15) is 5.82 Å². The molecular weight excluding hydrogens is 453 g/mol. The van der Waals surface area contributed by atoms with E-state index in [2.05, 4.69) is 27.9 Å². The van der Waals surface area contributed by atoms with Crippen LogP contribution in [0.25, 0.3) is 10.9 Å². The first-order valence-electron chi connectivity index (χ1n) is 12.9. The van der Waals surface area contributed by atoms with Gasteiger partial charge in [0.05, 0.1) is 23.5 Å². The van der Waals surface area contributed by atoms with Crippen molar-refractivity contribution in [3.63, 3.8) is 0 Å². The molecule has 1 saturated carbocycles. The molecule has 2 aliphatic rings. The van der Waals surface area contributed by atoms with Gasteiger partial charge in [0.15, 0.2) is 5.78 Å². The number of benzene rings is 1. The number of aromatic nitrogens is 2. The lowest BCUT2D eigenvalue weighted by atomic mass is 9.75. The van der Waals surface area contributed by atoms with Crippen LogP contribution in [-0.2, 0) is 6.42 Å². The minimum atomic E-state index is -0.393. The van der Waals surface area contributed by atoms with Gasteiger partial charge in [0.25, 0.3) is 0 Å². The normalized spacial score (nSPS) is 22.9. The Bertz CT molecular complexity index is 1300. The first kappa shape index (κ1) is 24.3. The summed E-state index contributed by atoms with van der Waals surface area (Å²) in [5.74, 6) is 0.430. The summed E-state index contributed by atoms with van der Waals surface area (Å²) in [6.45, 7) is 3.70. The molecule has 1 aliphatic heterocycles. The van der Waals surface area contributed by atoms with Crippen molar-refractivity contribution in [3.8, 4) is 6.07 Å². The molecule has 6 nitrogen and oxygen atoms in total.